The zero-order valence-electron chi connectivity index (χ0n) is 18.3. The molecule has 1 aliphatic rings. The average Bonchev–Trinajstić information content (AvgIpc) is 3.31. The van der Waals surface area contributed by atoms with Gasteiger partial charge in [0.15, 0.2) is 6.61 Å². The lowest BCUT2D eigenvalue weighted by Crippen LogP contribution is -2.52. The van der Waals surface area contributed by atoms with Gasteiger partial charge in [0.2, 0.25) is 5.91 Å². The number of hydrogen-bond donors (Lipinski definition) is 1. The third-order valence-electron chi connectivity index (χ3n) is 5.10. The lowest BCUT2D eigenvalue weighted by Gasteiger charge is -2.34. The number of urea groups is 1. The molecule has 4 rings (SSSR count). The van der Waals surface area contributed by atoms with Gasteiger partial charge in [-0.25, -0.2) is 4.79 Å². The maximum atomic E-state index is 12.6. The van der Waals surface area contributed by atoms with E-state index in [1.54, 1.807) is 9.80 Å². The van der Waals surface area contributed by atoms with Crippen LogP contribution in [0.5, 0.6) is 5.75 Å². The molecular weight excluding hydrogens is 442 g/mol. The van der Waals surface area contributed by atoms with E-state index in [0.29, 0.717) is 37.3 Å². The first-order valence-electron chi connectivity index (χ1n) is 10.6. The number of anilines is 1. The van der Waals surface area contributed by atoms with E-state index in [1.165, 1.54) is 11.8 Å². The van der Waals surface area contributed by atoms with E-state index < -0.39 is 0 Å². The quantitative estimate of drug-likeness (QED) is 0.531. The number of nitrogens with one attached hydrogen (secondary N) is 1. The number of aryl methyl sites for hydroxylation is 1. The zero-order valence-corrected chi connectivity index (χ0v) is 19.1. The molecule has 3 aromatic rings. The van der Waals surface area contributed by atoms with Crippen molar-refractivity contribution in [2.24, 2.45) is 0 Å². The van der Waals surface area contributed by atoms with E-state index in [4.69, 9.17) is 9.15 Å². The van der Waals surface area contributed by atoms with Gasteiger partial charge in [0.05, 0.1) is 5.75 Å². The van der Waals surface area contributed by atoms with Crippen LogP contribution in [0, 0.1) is 6.92 Å². The molecule has 10 heteroatoms. The predicted molar refractivity (Wildman–Crippen MR) is 124 cm³/mol. The molecule has 1 N–H and O–H groups in total. The Bertz CT molecular complexity index is 1070. The van der Waals surface area contributed by atoms with Crippen molar-refractivity contribution in [1.82, 2.24) is 20.0 Å². The first-order chi connectivity index (χ1) is 16.1. The summed E-state index contributed by atoms with van der Waals surface area (Å²) in [6.45, 7) is 4.11. The molecule has 1 aliphatic heterocycles. The molecule has 0 aliphatic carbocycles. The molecule has 0 unspecified atom stereocenters. The highest BCUT2D eigenvalue weighted by atomic mass is 32.2. The number of aromatic nitrogens is 2. The highest BCUT2D eigenvalue weighted by Crippen LogP contribution is 2.19. The summed E-state index contributed by atoms with van der Waals surface area (Å²) in [5, 5.41) is 11.1. The number of hydrogen-bond acceptors (Lipinski definition) is 7. The SMILES string of the molecule is Cc1ccc(OCc2nnc(SCC(=O)N3CCN(C(=O)Nc4ccccc4)CC3)o2)cc1. The summed E-state index contributed by atoms with van der Waals surface area (Å²) in [5.41, 5.74) is 1.90. The fourth-order valence-electron chi connectivity index (χ4n) is 3.23. The molecule has 1 aromatic heterocycles. The van der Waals surface area contributed by atoms with Crippen molar-refractivity contribution < 1.29 is 18.7 Å². The third kappa shape index (κ3) is 6.48. The summed E-state index contributed by atoms with van der Waals surface area (Å²) in [6.07, 6.45) is 0. The number of para-hydroxylation sites is 1. The summed E-state index contributed by atoms with van der Waals surface area (Å²) >= 11 is 1.20. The number of carbonyl (C=O) groups is 2. The first kappa shape index (κ1) is 22.7. The van der Waals surface area contributed by atoms with E-state index in [-0.39, 0.29) is 24.3 Å². The minimum atomic E-state index is -0.158. The maximum Gasteiger partial charge on any atom is 0.321 e. The van der Waals surface area contributed by atoms with Gasteiger partial charge in [-0.2, -0.15) is 0 Å². The Morgan fingerprint density at radius 1 is 1.00 bits per heavy atom. The number of piperazine rings is 1. The van der Waals surface area contributed by atoms with Crippen LogP contribution in [-0.4, -0.2) is 63.9 Å². The molecule has 0 radical (unpaired) electrons. The van der Waals surface area contributed by atoms with Crippen LogP contribution < -0.4 is 10.1 Å². The smallest absolute Gasteiger partial charge is 0.321 e. The predicted octanol–water partition coefficient (Wildman–Crippen LogP) is 3.43. The largest absolute Gasteiger partial charge is 0.484 e. The van der Waals surface area contributed by atoms with Gasteiger partial charge < -0.3 is 24.3 Å². The van der Waals surface area contributed by atoms with E-state index in [1.807, 2.05) is 61.5 Å². The van der Waals surface area contributed by atoms with Crippen LogP contribution in [0.25, 0.3) is 0 Å². The average molecular weight is 468 g/mol. The standard InChI is InChI=1S/C23H25N5O4S/c1-17-7-9-19(10-8-17)31-15-20-25-26-23(32-20)33-16-21(29)27-11-13-28(14-12-27)22(30)24-18-5-3-2-4-6-18/h2-10H,11-16H2,1H3,(H,24,30). The van der Waals surface area contributed by atoms with Gasteiger partial charge in [-0.3, -0.25) is 4.79 Å². The molecule has 0 saturated carbocycles. The summed E-state index contributed by atoms with van der Waals surface area (Å²) in [6, 6.07) is 16.8. The molecular formula is C23H25N5O4S. The van der Waals surface area contributed by atoms with E-state index in [2.05, 4.69) is 15.5 Å². The molecule has 172 valence electrons. The van der Waals surface area contributed by atoms with Crippen molar-refractivity contribution in [2.45, 2.75) is 18.8 Å². The molecule has 0 bridgehead atoms. The van der Waals surface area contributed by atoms with Crippen LogP contribution in [0.2, 0.25) is 0 Å². The first-order valence-corrected chi connectivity index (χ1v) is 11.6. The van der Waals surface area contributed by atoms with Crippen LogP contribution >= 0.6 is 11.8 Å². The van der Waals surface area contributed by atoms with Crippen LogP contribution in [0.3, 0.4) is 0 Å². The molecule has 3 amide bonds. The summed E-state index contributed by atoms with van der Waals surface area (Å²) in [7, 11) is 0. The van der Waals surface area contributed by atoms with Crippen LogP contribution in [0.1, 0.15) is 11.5 Å². The monoisotopic (exact) mass is 467 g/mol. The Balaban J connectivity index is 1.17. The van der Waals surface area contributed by atoms with Crippen molar-refractivity contribution in [3.05, 3.63) is 66.1 Å². The minimum absolute atomic E-state index is 0.0289. The summed E-state index contributed by atoms with van der Waals surface area (Å²) in [5.74, 6) is 1.23. The van der Waals surface area contributed by atoms with Gasteiger partial charge in [0.25, 0.3) is 11.1 Å². The fourth-order valence-corrected chi connectivity index (χ4v) is 3.92. The normalized spacial score (nSPS) is 13.6. The van der Waals surface area contributed by atoms with Gasteiger partial charge in [-0.1, -0.05) is 47.7 Å². The highest BCUT2D eigenvalue weighted by molar-refractivity contribution is 7.99. The van der Waals surface area contributed by atoms with Gasteiger partial charge in [0, 0.05) is 31.9 Å². The molecule has 33 heavy (non-hydrogen) atoms. The molecule has 1 saturated heterocycles. The van der Waals surface area contributed by atoms with E-state index in [0.717, 1.165) is 17.0 Å². The van der Waals surface area contributed by atoms with Gasteiger partial charge >= 0.3 is 6.03 Å². The lowest BCUT2D eigenvalue weighted by molar-refractivity contribution is -0.129. The minimum Gasteiger partial charge on any atom is -0.484 e. The summed E-state index contributed by atoms with van der Waals surface area (Å²) < 4.78 is 11.2. The molecule has 2 aromatic carbocycles. The topological polar surface area (TPSA) is 101 Å². The third-order valence-corrected chi connectivity index (χ3v) is 5.90. The number of nitrogens with zero attached hydrogens (tertiary/aromatic N) is 4. The van der Waals surface area contributed by atoms with Crippen molar-refractivity contribution in [2.75, 3.05) is 37.2 Å². The maximum absolute atomic E-state index is 12.6. The number of thioether (sulfide) groups is 1. The van der Waals surface area contributed by atoms with Crippen LogP contribution in [-0.2, 0) is 11.4 Å². The Morgan fingerprint density at radius 2 is 1.70 bits per heavy atom. The summed E-state index contributed by atoms with van der Waals surface area (Å²) in [4.78, 5) is 28.4. The second-order valence-corrected chi connectivity index (χ2v) is 8.44. The Hall–Kier alpha value is -3.53. The van der Waals surface area contributed by atoms with Gasteiger partial charge in [-0.05, 0) is 31.2 Å². The number of ether oxygens (including phenoxy) is 1. The number of rotatable bonds is 7. The van der Waals surface area contributed by atoms with Crippen molar-refractivity contribution in [3.8, 4) is 5.75 Å². The molecule has 2 heterocycles. The van der Waals surface area contributed by atoms with E-state index in [9.17, 15) is 9.59 Å². The molecule has 9 nitrogen and oxygen atoms in total. The number of benzene rings is 2. The number of amides is 3. The second-order valence-electron chi connectivity index (χ2n) is 7.52. The number of carbonyl (C=O) groups excluding carboxylic acids is 2. The highest BCUT2D eigenvalue weighted by Gasteiger charge is 2.24. The Kier molecular flexibility index (Phi) is 7.46. The lowest BCUT2D eigenvalue weighted by atomic mass is 10.2. The second kappa shape index (κ2) is 10.9. The van der Waals surface area contributed by atoms with Crippen molar-refractivity contribution in [3.63, 3.8) is 0 Å². The van der Waals surface area contributed by atoms with Gasteiger partial charge in [-0.15, -0.1) is 10.2 Å². The molecule has 0 spiro atoms. The molecule has 1 fully saturated rings. The van der Waals surface area contributed by atoms with Crippen LogP contribution in [0.15, 0.2) is 64.2 Å². The Labute approximate surface area is 196 Å². The van der Waals surface area contributed by atoms with Crippen LogP contribution in [0.4, 0.5) is 10.5 Å². The zero-order chi connectivity index (χ0) is 23.0. The Morgan fingerprint density at radius 3 is 2.42 bits per heavy atom. The fraction of sp³-hybridized carbons (Fsp3) is 0.304. The van der Waals surface area contributed by atoms with Gasteiger partial charge in [0.1, 0.15) is 5.75 Å². The van der Waals surface area contributed by atoms with Crippen molar-refractivity contribution >= 4 is 29.4 Å². The molecule has 0 atom stereocenters. The van der Waals surface area contributed by atoms with Crippen molar-refractivity contribution in [1.29, 1.82) is 0 Å². The van der Waals surface area contributed by atoms with E-state index >= 15 is 0 Å².